The molecule has 4 heterocycles. The summed E-state index contributed by atoms with van der Waals surface area (Å²) in [5.74, 6) is 1.28. The molecule has 2 aliphatic heterocycles. The second-order valence-corrected chi connectivity index (χ2v) is 12.1. The molecule has 2 aromatic carbocycles. The maximum absolute atomic E-state index is 14.2. The number of amides is 1. The number of pyridine rings is 1. The lowest BCUT2D eigenvalue weighted by atomic mass is 9.97. The van der Waals surface area contributed by atoms with Crippen LogP contribution in [-0.4, -0.2) is 74.6 Å². The zero-order chi connectivity index (χ0) is 31.6. The number of anilines is 1. The van der Waals surface area contributed by atoms with Gasteiger partial charge in [0.2, 0.25) is 0 Å². The molecule has 11 nitrogen and oxygen atoms in total. The largest absolute Gasteiger partial charge is 0.457 e. The molecule has 0 aliphatic carbocycles. The molecule has 0 spiro atoms. The van der Waals surface area contributed by atoms with E-state index in [1.54, 1.807) is 32.4 Å². The Labute approximate surface area is 262 Å². The minimum absolute atomic E-state index is 0.125. The number of aromatic nitrogens is 3. The molecule has 11 heteroatoms. The van der Waals surface area contributed by atoms with Crippen molar-refractivity contribution in [3.05, 3.63) is 89.0 Å². The third-order valence-electron chi connectivity index (χ3n) is 8.71. The number of piperidine rings is 1. The summed E-state index contributed by atoms with van der Waals surface area (Å²) in [6.07, 6.45) is 4.78. The first-order chi connectivity index (χ1) is 21.8. The van der Waals surface area contributed by atoms with E-state index in [1.165, 1.54) is 0 Å². The second kappa shape index (κ2) is 12.6. The van der Waals surface area contributed by atoms with Gasteiger partial charge in [0.05, 0.1) is 17.2 Å². The van der Waals surface area contributed by atoms with E-state index in [0.29, 0.717) is 54.2 Å². The SMILES string of the molecule is CC(C)(/C=C(\C#N)C(=O)N1CCC[C@@H](n2c(=O)n(-c3ccc(Oc4ccccc4)cc3)c3c(N)nccc32)C1)N1CCNCC1. The van der Waals surface area contributed by atoms with Crippen molar-refractivity contribution in [1.82, 2.24) is 29.2 Å². The zero-order valence-electron chi connectivity index (χ0n) is 25.6. The Kier molecular flexibility index (Phi) is 8.43. The number of ether oxygens (including phenoxy) is 1. The number of carbonyl (C=O) groups excluding carboxylic acids is 1. The number of nitrogens with two attached hydrogens (primary N) is 1. The molecular formula is C34H38N8O3. The fourth-order valence-electron chi connectivity index (χ4n) is 6.42. The van der Waals surface area contributed by atoms with Gasteiger partial charge in [-0.2, -0.15) is 5.26 Å². The number of para-hydroxylation sites is 1. The molecule has 3 N–H and O–H groups in total. The zero-order valence-corrected chi connectivity index (χ0v) is 25.6. The fraction of sp³-hybridized carbons (Fsp3) is 0.353. The number of piperazine rings is 1. The van der Waals surface area contributed by atoms with Gasteiger partial charge in [-0.1, -0.05) is 18.2 Å². The Morgan fingerprint density at radius 3 is 2.49 bits per heavy atom. The van der Waals surface area contributed by atoms with Crippen LogP contribution >= 0.6 is 0 Å². The van der Waals surface area contributed by atoms with Crippen molar-refractivity contribution in [3.8, 4) is 23.3 Å². The monoisotopic (exact) mass is 606 g/mol. The van der Waals surface area contributed by atoms with Crippen molar-refractivity contribution in [1.29, 1.82) is 5.26 Å². The molecule has 232 valence electrons. The van der Waals surface area contributed by atoms with Crippen LogP contribution in [0.3, 0.4) is 0 Å². The van der Waals surface area contributed by atoms with E-state index in [4.69, 9.17) is 10.5 Å². The highest BCUT2D eigenvalue weighted by atomic mass is 16.5. The van der Waals surface area contributed by atoms with Gasteiger partial charge in [-0.25, -0.2) is 9.78 Å². The number of nitriles is 1. The third-order valence-corrected chi connectivity index (χ3v) is 8.71. The van der Waals surface area contributed by atoms with Gasteiger partial charge in [0, 0.05) is 51.0 Å². The topological polar surface area (TPSA) is 134 Å². The van der Waals surface area contributed by atoms with Crippen molar-refractivity contribution in [2.24, 2.45) is 0 Å². The van der Waals surface area contributed by atoms with Gasteiger partial charge < -0.3 is 20.7 Å². The number of nitrogen functional groups attached to an aromatic ring is 1. The summed E-state index contributed by atoms with van der Waals surface area (Å²) >= 11 is 0. The Hall–Kier alpha value is -4.92. The minimum atomic E-state index is -0.450. The number of benzene rings is 2. The predicted molar refractivity (Wildman–Crippen MR) is 173 cm³/mol. The molecule has 0 saturated carbocycles. The van der Waals surface area contributed by atoms with Gasteiger partial charge in [-0.05, 0) is 75.2 Å². The Morgan fingerprint density at radius 1 is 1.07 bits per heavy atom. The smallest absolute Gasteiger partial charge is 0.334 e. The Bertz CT molecular complexity index is 1810. The van der Waals surface area contributed by atoms with Crippen molar-refractivity contribution in [3.63, 3.8) is 0 Å². The molecule has 1 atom stereocenters. The summed E-state index contributed by atoms with van der Waals surface area (Å²) in [5.41, 5.74) is 7.56. The molecule has 0 radical (unpaired) electrons. The van der Waals surface area contributed by atoms with Gasteiger partial charge in [-0.3, -0.25) is 18.8 Å². The summed E-state index contributed by atoms with van der Waals surface area (Å²) < 4.78 is 9.23. The maximum atomic E-state index is 14.2. The van der Waals surface area contributed by atoms with E-state index in [1.807, 2.05) is 68.4 Å². The molecule has 0 unspecified atom stereocenters. The lowest BCUT2D eigenvalue weighted by molar-refractivity contribution is -0.128. The van der Waals surface area contributed by atoms with E-state index in [2.05, 4.69) is 21.3 Å². The molecule has 45 heavy (non-hydrogen) atoms. The lowest BCUT2D eigenvalue weighted by Gasteiger charge is -2.39. The molecule has 2 saturated heterocycles. The quantitative estimate of drug-likeness (QED) is 0.239. The minimum Gasteiger partial charge on any atom is -0.457 e. The Balaban J connectivity index is 1.30. The number of hydrogen-bond donors (Lipinski definition) is 2. The lowest BCUT2D eigenvalue weighted by Crippen LogP contribution is -2.53. The molecule has 2 aromatic heterocycles. The number of nitrogens with one attached hydrogen (secondary N) is 1. The standard InChI is InChI=1S/C34H38N8O3/c1-34(2,40-19-16-37-17-20-40)21-24(22-35)32(43)39-18-6-7-26(23-39)41-29-14-15-38-31(36)30(29)42(33(41)44)25-10-12-28(13-11-25)45-27-8-4-3-5-9-27/h3-5,8-15,21,26,37H,6-7,16-20,23H2,1-2H3,(H2,36,38)/b24-21+/t26-/m1/s1. The highest BCUT2D eigenvalue weighted by molar-refractivity contribution is 5.97. The van der Waals surface area contributed by atoms with Gasteiger partial charge in [0.15, 0.2) is 0 Å². The first-order valence-corrected chi connectivity index (χ1v) is 15.4. The van der Waals surface area contributed by atoms with E-state index in [9.17, 15) is 14.9 Å². The first-order valence-electron chi connectivity index (χ1n) is 15.4. The van der Waals surface area contributed by atoms with Crippen LogP contribution in [0.5, 0.6) is 11.5 Å². The molecule has 6 rings (SSSR count). The van der Waals surface area contributed by atoms with Crippen molar-refractivity contribution in [2.45, 2.75) is 38.3 Å². The van der Waals surface area contributed by atoms with Gasteiger partial charge in [-0.15, -0.1) is 0 Å². The fourth-order valence-corrected chi connectivity index (χ4v) is 6.42. The normalized spacial score (nSPS) is 18.1. The molecule has 2 fully saturated rings. The number of rotatable bonds is 7. The highest BCUT2D eigenvalue weighted by Crippen LogP contribution is 2.30. The van der Waals surface area contributed by atoms with Crippen molar-refractivity contribution >= 4 is 22.8 Å². The van der Waals surface area contributed by atoms with Crippen LogP contribution in [-0.2, 0) is 4.79 Å². The summed E-state index contributed by atoms with van der Waals surface area (Å²) in [6, 6.07) is 20.4. The van der Waals surface area contributed by atoms with Gasteiger partial charge in [0.1, 0.15) is 34.5 Å². The molecule has 4 aromatic rings. The van der Waals surface area contributed by atoms with Crippen LogP contribution < -0.4 is 21.5 Å². The predicted octanol–water partition coefficient (Wildman–Crippen LogP) is 3.86. The number of carbonyl (C=O) groups is 1. The summed E-state index contributed by atoms with van der Waals surface area (Å²) in [7, 11) is 0. The van der Waals surface area contributed by atoms with Crippen LogP contribution in [0.1, 0.15) is 32.7 Å². The van der Waals surface area contributed by atoms with Crippen LogP contribution in [0.25, 0.3) is 16.7 Å². The van der Waals surface area contributed by atoms with E-state index in [0.717, 1.165) is 26.2 Å². The number of fused-ring (bicyclic) bond motifs is 1. The summed E-state index contributed by atoms with van der Waals surface area (Å²) in [4.78, 5) is 36.2. The molecular weight excluding hydrogens is 568 g/mol. The number of likely N-dealkylation sites (tertiary alicyclic amines) is 1. The molecule has 0 bridgehead atoms. The van der Waals surface area contributed by atoms with E-state index < -0.39 is 5.54 Å². The van der Waals surface area contributed by atoms with Crippen molar-refractivity contribution in [2.75, 3.05) is 45.0 Å². The second-order valence-electron chi connectivity index (χ2n) is 12.1. The van der Waals surface area contributed by atoms with Crippen LogP contribution in [0.15, 0.2) is 83.3 Å². The first kappa shape index (κ1) is 30.1. The van der Waals surface area contributed by atoms with E-state index in [-0.39, 0.29) is 29.0 Å². The highest BCUT2D eigenvalue weighted by Gasteiger charge is 2.33. The van der Waals surface area contributed by atoms with Gasteiger partial charge in [0.25, 0.3) is 5.91 Å². The van der Waals surface area contributed by atoms with Crippen LogP contribution in [0, 0.1) is 11.3 Å². The van der Waals surface area contributed by atoms with E-state index >= 15 is 0 Å². The summed E-state index contributed by atoms with van der Waals surface area (Å²) in [6.45, 7) is 8.32. The number of nitrogens with zero attached hydrogens (tertiary/aromatic N) is 6. The number of hydrogen-bond acceptors (Lipinski definition) is 8. The summed E-state index contributed by atoms with van der Waals surface area (Å²) in [5, 5.41) is 13.4. The molecule has 2 aliphatic rings. The maximum Gasteiger partial charge on any atom is 0.334 e. The average Bonchev–Trinajstić information content (AvgIpc) is 3.37. The number of imidazole rings is 1. The van der Waals surface area contributed by atoms with Crippen molar-refractivity contribution < 1.29 is 9.53 Å². The Morgan fingerprint density at radius 2 is 1.78 bits per heavy atom. The van der Waals surface area contributed by atoms with Gasteiger partial charge >= 0.3 is 5.69 Å². The third kappa shape index (κ3) is 6.07. The van der Waals surface area contributed by atoms with Crippen LogP contribution in [0.2, 0.25) is 0 Å². The molecule has 1 amide bonds. The average molecular weight is 607 g/mol. The van der Waals surface area contributed by atoms with Crippen LogP contribution in [0.4, 0.5) is 5.82 Å².